The molecule has 0 bridgehead atoms. The van der Waals surface area contributed by atoms with Crippen LogP contribution in [0.4, 0.5) is 14.9 Å². The molecule has 1 aromatic heterocycles. The van der Waals surface area contributed by atoms with Crippen LogP contribution in [0.25, 0.3) is 16.6 Å². The molecule has 0 spiro atoms. The summed E-state index contributed by atoms with van der Waals surface area (Å²) in [7, 11) is 0. The van der Waals surface area contributed by atoms with Gasteiger partial charge in [-0.2, -0.15) is 0 Å². The number of aromatic nitrogens is 2. The van der Waals surface area contributed by atoms with Crippen LogP contribution in [0.1, 0.15) is 44.1 Å². The average Bonchev–Trinajstić information content (AvgIpc) is 2.85. The Morgan fingerprint density at radius 1 is 1.09 bits per heavy atom. The first-order valence-corrected chi connectivity index (χ1v) is 11.8. The molecule has 1 unspecified atom stereocenters. The molecule has 180 valence electrons. The molecule has 0 fully saturated rings. The van der Waals surface area contributed by atoms with Crippen LogP contribution >= 0.6 is 0 Å². The number of hydrogen-bond donors (Lipinski definition) is 1. The molecule has 0 aliphatic rings. The van der Waals surface area contributed by atoms with Crippen molar-refractivity contribution in [2.24, 2.45) is 0 Å². The topological polar surface area (TPSA) is 67.2 Å². The minimum Gasteiger partial charge on any atom is -0.315 e. The fraction of sp³-hybridized carbons (Fsp3) is 0.250. The SMILES string of the molecule is CCCCN(C(=O)Nc1cccc(F)c1)C(C)c1nc2ccccc2c(=O)n1-c1ccccc1C. The number of benzene rings is 3. The summed E-state index contributed by atoms with van der Waals surface area (Å²) >= 11 is 0. The van der Waals surface area contributed by atoms with Gasteiger partial charge in [-0.1, -0.05) is 49.7 Å². The highest BCUT2D eigenvalue weighted by atomic mass is 19.1. The Bertz CT molecular complexity index is 1420. The molecule has 4 aromatic rings. The summed E-state index contributed by atoms with van der Waals surface area (Å²) in [6.07, 6.45) is 1.65. The predicted octanol–water partition coefficient (Wildman–Crippen LogP) is 6.23. The molecule has 2 amide bonds. The molecule has 0 aliphatic heterocycles. The van der Waals surface area contributed by atoms with E-state index in [1.165, 1.54) is 12.1 Å². The van der Waals surface area contributed by atoms with Crippen molar-refractivity contribution in [3.63, 3.8) is 0 Å². The fourth-order valence-electron chi connectivity index (χ4n) is 4.18. The minimum atomic E-state index is -0.535. The molecule has 3 aromatic carbocycles. The second-order valence-corrected chi connectivity index (χ2v) is 8.58. The Balaban J connectivity index is 1.84. The highest BCUT2D eigenvalue weighted by molar-refractivity contribution is 5.89. The number of fused-ring (bicyclic) bond motifs is 1. The molecule has 0 saturated carbocycles. The van der Waals surface area contributed by atoms with Gasteiger partial charge in [-0.15, -0.1) is 0 Å². The Labute approximate surface area is 204 Å². The van der Waals surface area contributed by atoms with Crippen molar-refractivity contribution in [2.75, 3.05) is 11.9 Å². The molecule has 0 aliphatic carbocycles. The number of anilines is 1. The summed E-state index contributed by atoms with van der Waals surface area (Å²) in [6.45, 7) is 6.31. The second kappa shape index (κ2) is 10.5. The van der Waals surface area contributed by atoms with Crippen LogP contribution in [0.5, 0.6) is 0 Å². The van der Waals surface area contributed by atoms with Gasteiger partial charge in [-0.25, -0.2) is 14.2 Å². The summed E-state index contributed by atoms with van der Waals surface area (Å²) in [5.41, 5.74) is 2.40. The zero-order valence-corrected chi connectivity index (χ0v) is 20.2. The number of urea groups is 1. The third kappa shape index (κ3) is 5.09. The van der Waals surface area contributed by atoms with Crippen molar-refractivity contribution in [1.29, 1.82) is 0 Å². The maximum absolute atomic E-state index is 13.7. The summed E-state index contributed by atoms with van der Waals surface area (Å²) in [4.78, 5) is 33.6. The van der Waals surface area contributed by atoms with Crippen molar-refractivity contribution in [1.82, 2.24) is 14.5 Å². The first kappa shape index (κ1) is 24.1. The van der Waals surface area contributed by atoms with Crippen LogP contribution in [-0.2, 0) is 0 Å². The lowest BCUT2D eigenvalue weighted by Crippen LogP contribution is -2.40. The zero-order chi connectivity index (χ0) is 24.9. The zero-order valence-electron chi connectivity index (χ0n) is 20.2. The van der Waals surface area contributed by atoms with Gasteiger partial charge < -0.3 is 10.2 Å². The average molecular weight is 473 g/mol. The quantitative estimate of drug-likeness (QED) is 0.347. The van der Waals surface area contributed by atoms with E-state index in [1.54, 1.807) is 33.7 Å². The van der Waals surface area contributed by atoms with Gasteiger partial charge in [0.05, 0.1) is 22.6 Å². The van der Waals surface area contributed by atoms with Gasteiger partial charge in [0.15, 0.2) is 0 Å². The summed E-state index contributed by atoms with van der Waals surface area (Å²) in [6, 6.07) is 19.7. The van der Waals surface area contributed by atoms with Crippen LogP contribution in [-0.4, -0.2) is 27.0 Å². The van der Waals surface area contributed by atoms with E-state index in [1.807, 2.05) is 57.2 Å². The molecular weight excluding hydrogens is 443 g/mol. The van der Waals surface area contributed by atoms with Crippen molar-refractivity contribution in [3.05, 3.63) is 100 Å². The second-order valence-electron chi connectivity index (χ2n) is 8.58. The number of nitrogens with zero attached hydrogens (tertiary/aromatic N) is 3. The standard InChI is InChI=1S/C28H29FN4O2/c1-4-5-17-32(28(35)30-22-13-10-12-21(29)18-22)20(3)26-31-24-15-8-7-14-23(24)27(34)33(26)25-16-9-6-11-19(25)2/h6-16,18,20H,4-5,17H2,1-3H3,(H,30,35). The lowest BCUT2D eigenvalue weighted by molar-refractivity contribution is 0.188. The number of halogens is 1. The van der Waals surface area contributed by atoms with Crippen LogP contribution in [0.3, 0.4) is 0 Å². The summed E-state index contributed by atoms with van der Waals surface area (Å²) in [5.74, 6) is 0.0361. The van der Waals surface area contributed by atoms with E-state index < -0.39 is 11.9 Å². The van der Waals surface area contributed by atoms with E-state index in [0.717, 1.165) is 24.1 Å². The number of rotatable bonds is 7. The van der Waals surface area contributed by atoms with Crippen molar-refractivity contribution >= 4 is 22.6 Å². The lowest BCUT2D eigenvalue weighted by Gasteiger charge is -2.31. The highest BCUT2D eigenvalue weighted by Crippen LogP contribution is 2.25. The Kier molecular flexibility index (Phi) is 7.25. The van der Waals surface area contributed by atoms with E-state index in [9.17, 15) is 14.0 Å². The molecule has 7 heteroatoms. The maximum Gasteiger partial charge on any atom is 0.322 e. The van der Waals surface area contributed by atoms with E-state index in [-0.39, 0.29) is 11.6 Å². The van der Waals surface area contributed by atoms with E-state index in [4.69, 9.17) is 4.98 Å². The largest absolute Gasteiger partial charge is 0.322 e. The molecule has 0 saturated heterocycles. The molecule has 1 N–H and O–H groups in total. The molecule has 6 nitrogen and oxygen atoms in total. The third-order valence-electron chi connectivity index (χ3n) is 6.09. The molecule has 1 heterocycles. The number of para-hydroxylation sites is 2. The number of nitrogens with one attached hydrogen (secondary N) is 1. The summed E-state index contributed by atoms with van der Waals surface area (Å²) in [5, 5.41) is 3.31. The highest BCUT2D eigenvalue weighted by Gasteiger charge is 2.27. The smallest absolute Gasteiger partial charge is 0.315 e. The first-order chi connectivity index (χ1) is 16.9. The lowest BCUT2D eigenvalue weighted by atomic mass is 10.1. The minimum absolute atomic E-state index is 0.187. The Morgan fingerprint density at radius 3 is 2.57 bits per heavy atom. The Hall–Kier alpha value is -4.00. The number of hydrogen-bond acceptors (Lipinski definition) is 3. The van der Waals surface area contributed by atoms with E-state index >= 15 is 0 Å². The maximum atomic E-state index is 13.7. The van der Waals surface area contributed by atoms with Crippen LogP contribution < -0.4 is 10.9 Å². The number of unbranched alkanes of at least 4 members (excludes halogenated alkanes) is 1. The van der Waals surface area contributed by atoms with E-state index in [2.05, 4.69) is 5.32 Å². The fourth-order valence-corrected chi connectivity index (χ4v) is 4.18. The molecule has 4 rings (SSSR count). The number of amides is 2. The van der Waals surface area contributed by atoms with Crippen LogP contribution in [0.15, 0.2) is 77.6 Å². The van der Waals surface area contributed by atoms with Gasteiger partial charge in [0, 0.05) is 12.2 Å². The monoisotopic (exact) mass is 472 g/mol. The van der Waals surface area contributed by atoms with Crippen molar-refractivity contribution in [3.8, 4) is 5.69 Å². The van der Waals surface area contributed by atoms with E-state index in [0.29, 0.717) is 29.0 Å². The summed E-state index contributed by atoms with van der Waals surface area (Å²) < 4.78 is 15.3. The third-order valence-corrected chi connectivity index (χ3v) is 6.09. The van der Waals surface area contributed by atoms with Gasteiger partial charge >= 0.3 is 6.03 Å². The molecule has 0 radical (unpaired) electrons. The number of carbonyl (C=O) groups excluding carboxylic acids is 1. The van der Waals surface area contributed by atoms with Crippen molar-refractivity contribution in [2.45, 2.75) is 39.7 Å². The normalized spacial score (nSPS) is 11.9. The van der Waals surface area contributed by atoms with Gasteiger partial charge in [0.25, 0.3) is 5.56 Å². The van der Waals surface area contributed by atoms with Gasteiger partial charge in [0.1, 0.15) is 11.6 Å². The van der Waals surface area contributed by atoms with Gasteiger partial charge in [-0.05, 0) is 62.2 Å². The van der Waals surface area contributed by atoms with Gasteiger partial charge in [-0.3, -0.25) is 9.36 Å². The van der Waals surface area contributed by atoms with Gasteiger partial charge in [0.2, 0.25) is 0 Å². The van der Waals surface area contributed by atoms with Crippen molar-refractivity contribution < 1.29 is 9.18 Å². The van der Waals surface area contributed by atoms with Crippen LogP contribution in [0.2, 0.25) is 0 Å². The number of aryl methyl sites for hydroxylation is 1. The first-order valence-electron chi connectivity index (χ1n) is 11.8. The molecule has 1 atom stereocenters. The van der Waals surface area contributed by atoms with Crippen LogP contribution in [0, 0.1) is 12.7 Å². The molecule has 35 heavy (non-hydrogen) atoms. The Morgan fingerprint density at radius 2 is 1.83 bits per heavy atom. The predicted molar refractivity (Wildman–Crippen MR) is 138 cm³/mol. The number of carbonyl (C=O) groups is 1. The molecular formula is C28H29FN4O2.